The van der Waals surface area contributed by atoms with E-state index in [0.29, 0.717) is 17.9 Å². The van der Waals surface area contributed by atoms with Crippen molar-refractivity contribution in [3.63, 3.8) is 0 Å². The average molecular weight is 297 g/mol. The molecule has 1 heterocycles. The van der Waals surface area contributed by atoms with Crippen LogP contribution in [-0.4, -0.2) is 25.7 Å². The monoisotopic (exact) mass is 297 g/mol. The molecule has 4 heteroatoms. The number of carbonyl (C=O) groups excluding carboxylic acids is 1. The highest BCUT2D eigenvalue weighted by molar-refractivity contribution is 6.08. The summed E-state index contributed by atoms with van der Waals surface area (Å²) in [6.45, 7) is 2.61. The van der Waals surface area contributed by atoms with Crippen LogP contribution in [0.15, 0.2) is 48.5 Å². The number of hydrogen-bond acceptors (Lipinski definition) is 3. The smallest absolute Gasteiger partial charge is 0.262 e. The molecule has 1 atom stereocenters. The predicted octanol–water partition coefficient (Wildman–Crippen LogP) is 3.51. The standard InChI is InChI=1S/C18H19NO3/c1-3-13-12-19(15-9-5-7-11-17(15)22-13)18(20)14-8-4-6-10-16(14)21-2/h4-11,13H,3,12H2,1-2H3. The van der Waals surface area contributed by atoms with E-state index in [1.807, 2.05) is 36.4 Å². The highest BCUT2D eigenvalue weighted by atomic mass is 16.5. The molecular formula is C18H19NO3. The van der Waals surface area contributed by atoms with E-state index in [1.54, 1.807) is 24.1 Å². The van der Waals surface area contributed by atoms with Crippen LogP contribution in [0.1, 0.15) is 23.7 Å². The van der Waals surface area contributed by atoms with E-state index in [-0.39, 0.29) is 12.0 Å². The first-order valence-electron chi connectivity index (χ1n) is 7.45. The van der Waals surface area contributed by atoms with Gasteiger partial charge in [0.15, 0.2) is 0 Å². The topological polar surface area (TPSA) is 38.8 Å². The second kappa shape index (κ2) is 6.10. The van der Waals surface area contributed by atoms with Crippen LogP contribution >= 0.6 is 0 Å². The maximum atomic E-state index is 13.0. The number of ether oxygens (including phenoxy) is 2. The van der Waals surface area contributed by atoms with Gasteiger partial charge in [-0.15, -0.1) is 0 Å². The van der Waals surface area contributed by atoms with Crippen molar-refractivity contribution in [1.29, 1.82) is 0 Å². The summed E-state index contributed by atoms with van der Waals surface area (Å²) < 4.78 is 11.2. The highest BCUT2D eigenvalue weighted by Crippen LogP contribution is 2.35. The Morgan fingerprint density at radius 2 is 1.95 bits per heavy atom. The fraction of sp³-hybridized carbons (Fsp3) is 0.278. The number of fused-ring (bicyclic) bond motifs is 1. The summed E-state index contributed by atoms with van der Waals surface area (Å²) in [5.74, 6) is 1.28. The molecule has 2 aromatic carbocycles. The fourth-order valence-electron chi connectivity index (χ4n) is 2.67. The van der Waals surface area contributed by atoms with Gasteiger partial charge in [-0.3, -0.25) is 4.79 Å². The second-order valence-corrected chi connectivity index (χ2v) is 5.23. The van der Waals surface area contributed by atoms with Gasteiger partial charge in [0.2, 0.25) is 0 Å². The Morgan fingerprint density at radius 1 is 1.23 bits per heavy atom. The van der Waals surface area contributed by atoms with Crippen LogP contribution in [0.3, 0.4) is 0 Å². The molecular weight excluding hydrogens is 278 g/mol. The Labute approximate surface area is 130 Å². The molecule has 0 aliphatic carbocycles. The lowest BCUT2D eigenvalue weighted by atomic mass is 10.1. The third kappa shape index (κ3) is 2.52. The van der Waals surface area contributed by atoms with E-state index in [2.05, 4.69) is 6.92 Å². The van der Waals surface area contributed by atoms with Crippen LogP contribution in [0.4, 0.5) is 5.69 Å². The molecule has 22 heavy (non-hydrogen) atoms. The van der Waals surface area contributed by atoms with Gasteiger partial charge in [-0.05, 0) is 30.7 Å². The maximum absolute atomic E-state index is 13.0. The summed E-state index contributed by atoms with van der Waals surface area (Å²) in [7, 11) is 1.58. The Morgan fingerprint density at radius 3 is 2.73 bits per heavy atom. The third-order valence-corrected chi connectivity index (χ3v) is 3.87. The lowest BCUT2D eigenvalue weighted by molar-refractivity contribution is 0.0951. The van der Waals surface area contributed by atoms with E-state index in [4.69, 9.17) is 9.47 Å². The van der Waals surface area contributed by atoms with Gasteiger partial charge in [0.25, 0.3) is 5.91 Å². The molecule has 1 aliphatic rings. The van der Waals surface area contributed by atoms with Gasteiger partial charge >= 0.3 is 0 Å². The van der Waals surface area contributed by atoms with Crippen LogP contribution in [-0.2, 0) is 0 Å². The summed E-state index contributed by atoms with van der Waals surface area (Å²) >= 11 is 0. The Bertz CT molecular complexity index is 684. The molecule has 0 bridgehead atoms. The van der Waals surface area contributed by atoms with Gasteiger partial charge in [0.05, 0.1) is 24.9 Å². The van der Waals surface area contributed by atoms with Crippen molar-refractivity contribution in [3.05, 3.63) is 54.1 Å². The lowest BCUT2D eigenvalue weighted by Gasteiger charge is -2.34. The normalized spacial score (nSPS) is 16.6. The molecule has 0 spiro atoms. The van der Waals surface area contributed by atoms with Crippen LogP contribution in [0.2, 0.25) is 0 Å². The number of rotatable bonds is 3. The number of carbonyl (C=O) groups is 1. The zero-order chi connectivity index (χ0) is 15.5. The first kappa shape index (κ1) is 14.4. The van der Waals surface area contributed by atoms with Gasteiger partial charge in [-0.1, -0.05) is 31.2 Å². The van der Waals surface area contributed by atoms with Crippen molar-refractivity contribution in [2.24, 2.45) is 0 Å². The molecule has 2 aromatic rings. The number of para-hydroxylation sites is 3. The number of nitrogens with zero attached hydrogens (tertiary/aromatic N) is 1. The van der Waals surface area contributed by atoms with Gasteiger partial charge in [0, 0.05) is 0 Å². The zero-order valence-electron chi connectivity index (χ0n) is 12.8. The van der Waals surface area contributed by atoms with E-state index in [0.717, 1.165) is 17.9 Å². The lowest BCUT2D eigenvalue weighted by Crippen LogP contribution is -2.43. The summed E-state index contributed by atoms with van der Waals surface area (Å²) in [6.07, 6.45) is 0.859. The summed E-state index contributed by atoms with van der Waals surface area (Å²) in [6, 6.07) is 14.9. The number of methoxy groups -OCH3 is 1. The van der Waals surface area contributed by atoms with Gasteiger partial charge in [-0.2, -0.15) is 0 Å². The molecule has 1 aliphatic heterocycles. The molecule has 114 valence electrons. The predicted molar refractivity (Wildman–Crippen MR) is 85.8 cm³/mol. The van der Waals surface area contributed by atoms with Crippen molar-refractivity contribution in [1.82, 2.24) is 0 Å². The largest absolute Gasteiger partial charge is 0.496 e. The number of hydrogen-bond donors (Lipinski definition) is 0. The summed E-state index contributed by atoms with van der Waals surface area (Å²) in [5.41, 5.74) is 1.37. The van der Waals surface area contributed by atoms with Crippen LogP contribution < -0.4 is 14.4 Å². The SMILES string of the molecule is CCC1CN(C(=O)c2ccccc2OC)c2ccccc2O1. The molecule has 1 unspecified atom stereocenters. The molecule has 0 fully saturated rings. The first-order valence-corrected chi connectivity index (χ1v) is 7.45. The van der Waals surface area contributed by atoms with Gasteiger partial charge in [-0.25, -0.2) is 0 Å². The quantitative estimate of drug-likeness (QED) is 0.870. The minimum absolute atomic E-state index is 0.00792. The Hall–Kier alpha value is -2.49. The van der Waals surface area contributed by atoms with Crippen LogP contribution in [0.25, 0.3) is 0 Å². The van der Waals surface area contributed by atoms with Crippen molar-refractivity contribution in [2.75, 3.05) is 18.6 Å². The van der Waals surface area contributed by atoms with E-state index >= 15 is 0 Å². The van der Waals surface area contributed by atoms with Crippen molar-refractivity contribution < 1.29 is 14.3 Å². The molecule has 0 N–H and O–H groups in total. The minimum atomic E-state index is -0.0633. The van der Waals surface area contributed by atoms with Gasteiger partial charge < -0.3 is 14.4 Å². The molecule has 3 rings (SSSR count). The van der Waals surface area contributed by atoms with E-state index in [1.165, 1.54) is 0 Å². The minimum Gasteiger partial charge on any atom is -0.496 e. The number of amides is 1. The summed E-state index contributed by atoms with van der Waals surface area (Å²) in [4.78, 5) is 14.8. The number of benzene rings is 2. The molecule has 1 amide bonds. The molecule has 0 radical (unpaired) electrons. The van der Waals surface area contributed by atoms with E-state index < -0.39 is 0 Å². The molecule has 0 saturated heterocycles. The number of anilines is 1. The average Bonchev–Trinajstić information content (AvgIpc) is 2.60. The first-order chi connectivity index (χ1) is 10.7. The molecule has 0 aromatic heterocycles. The highest BCUT2D eigenvalue weighted by Gasteiger charge is 2.30. The maximum Gasteiger partial charge on any atom is 0.262 e. The van der Waals surface area contributed by atoms with Crippen LogP contribution in [0, 0.1) is 0 Å². The Balaban J connectivity index is 2.01. The van der Waals surface area contributed by atoms with Crippen molar-refractivity contribution >= 4 is 11.6 Å². The van der Waals surface area contributed by atoms with Crippen LogP contribution in [0.5, 0.6) is 11.5 Å². The van der Waals surface area contributed by atoms with Crippen molar-refractivity contribution in [2.45, 2.75) is 19.4 Å². The van der Waals surface area contributed by atoms with Crippen molar-refractivity contribution in [3.8, 4) is 11.5 Å². The van der Waals surface area contributed by atoms with Gasteiger partial charge in [0.1, 0.15) is 17.6 Å². The second-order valence-electron chi connectivity index (χ2n) is 5.23. The zero-order valence-corrected chi connectivity index (χ0v) is 12.8. The fourth-order valence-corrected chi connectivity index (χ4v) is 2.67. The summed E-state index contributed by atoms with van der Waals surface area (Å²) in [5, 5.41) is 0. The molecule has 0 saturated carbocycles. The molecule has 4 nitrogen and oxygen atoms in total. The Kier molecular flexibility index (Phi) is 4.00. The van der Waals surface area contributed by atoms with E-state index in [9.17, 15) is 4.79 Å². The third-order valence-electron chi connectivity index (χ3n) is 3.87.